The van der Waals surface area contributed by atoms with Crippen LogP contribution in [0.3, 0.4) is 0 Å². The highest BCUT2D eigenvalue weighted by atomic mass is 32.2. The van der Waals surface area contributed by atoms with Crippen LogP contribution >= 0.6 is 0 Å². The summed E-state index contributed by atoms with van der Waals surface area (Å²) in [6.45, 7) is 2.39. The molecule has 0 bridgehead atoms. The van der Waals surface area contributed by atoms with Crippen molar-refractivity contribution in [2.75, 3.05) is 4.72 Å². The number of sulfonamides is 1. The number of nitrogens with zero attached hydrogens (tertiary/aromatic N) is 1. The number of furan rings is 1. The van der Waals surface area contributed by atoms with Gasteiger partial charge in [0.25, 0.3) is 10.0 Å². The third-order valence-corrected chi connectivity index (χ3v) is 4.42. The average molecular weight is 307 g/mol. The van der Waals surface area contributed by atoms with E-state index in [9.17, 15) is 8.42 Å². The Morgan fingerprint density at radius 2 is 2.14 bits per heavy atom. The molecule has 7 heteroatoms. The van der Waals surface area contributed by atoms with Gasteiger partial charge in [-0.15, -0.1) is 0 Å². The quantitative estimate of drug-likeness (QED) is 0.853. The molecule has 2 N–H and O–H groups in total. The van der Waals surface area contributed by atoms with Crippen LogP contribution in [0.1, 0.15) is 24.2 Å². The van der Waals surface area contributed by atoms with Crippen LogP contribution < -0.4 is 10.0 Å². The smallest absolute Gasteiger partial charge is 0.295 e. The van der Waals surface area contributed by atoms with Crippen LogP contribution in [0.25, 0.3) is 0 Å². The second-order valence-electron chi connectivity index (χ2n) is 5.23. The number of rotatable bonds is 6. The maximum absolute atomic E-state index is 12.2. The van der Waals surface area contributed by atoms with E-state index in [-0.39, 0.29) is 5.09 Å². The van der Waals surface area contributed by atoms with Gasteiger partial charge in [0.05, 0.1) is 18.4 Å². The van der Waals surface area contributed by atoms with Gasteiger partial charge in [0.1, 0.15) is 5.76 Å². The molecule has 1 fully saturated rings. The molecule has 0 unspecified atom stereocenters. The molecule has 0 aromatic carbocycles. The van der Waals surface area contributed by atoms with Crippen LogP contribution in [-0.2, 0) is 16.6 Å². The van der Waals surface area contributed by atoms with Gasteiger partial charge in [0, 0.05) is 12.2 Å². The van der Waals surface area contributed by atoms with Gasteiger partial charge >= 0.3 is 0 Å². The van der Waals surface area contributed by atoms with Crippen molar-refractivity contribution in [1.29, 1.82) is 0 Å². The zero-order valence-electron chi connectivity index (χ0n) is 11.7. The van der Waals surface area contributed by atoms with Crippen molar-refractivity contribution in [3.05, 3.63) is 41.9 Å². The lowest BCUT2D eigenvalue weighted by molar-refractivity contribution is 0.403. The van der Waals surface area contributed by atoms with E-state index in [0.29, 0.717) is 24.0 Å². The lowest BCUT2D eigenvalue weighted by Crippen LogP contribution is -2.15. The summed E-state index contributed by atoms with van der Waals surface area (Å²) in [6, 6.07) is 5.41. The van der Waals surface area contributed by atoms with Crippen molar-refractivity contribution in [1.82, 2.24) is 10.3 Å². The summed E-state index contributed by atoms with van der Waals surface area (Å²) >= 11 is 0. The molecule has 1 aliphatic carbocycles. The number of aryl methyl sites for hydroxylation is 1. The minimum atomic E-state index is -3.72. The Hall–Kier alpha value is -1.86. The fourth-order valence-electron chi connectivity index (χ4n) is 1.95. The number of hydrogen-bond acceptors (Lipinski definition) is 5. The Bertz CT molecular complexity index is 735. The standard InChI is InChI=1S/C14H17N3O3S/c1-10-6-12(8-15-7-10)17-21(18,19)14-5-4-13(20-14)9-16-11-2-3-11/h4-8,11,16-17H,2-3,9H2,1H3. The Morgan fingerprint density at radius 3 is 2.86 bits per heavy atom. The predicted octanol–water partition coefficient (Wildman–Crippen LogP) is 2.04. The monoisotopic (exact) mass is 307 g/mol. The number of hydrogen-bond donors (Lipinski definition) is 2. The molecule has 0 atom stereocenters. The van der Waals surface area contributed by atoms with E-state index in [2.05, 4.69) is 15.0 Å². The second kappa shape index (κ2) is 5.50. The zero-order valence-corrected chi connectivity index (χ0v) is 12.5. The molecule has 112 valence electrons. The summed E-state index contributed by atoms with van der Waals surface area (Å²) in [7, 11) is -3.72. The van der Waals surface area contributed by atoms with Gasteiger partial charge in [-0.3, -0.25) is 9.71 Å². The van der Waals surface area contributed by atoms with E-state index in [0.717, 1.165) is 5.56 Å². The number of anilines is 1. The fourth-order valence-corrected chi connectivity index (χ4v) is 2.93. The summed E-state index contributed by atoms with van der Waals surface area (Å²) in [4.78, 5) is 3.96. The predicted molar refractivity (Wildman–Crippen MR) is 78.4 cm³/mol. The molecule has 0 amide bonds. The van der Waals surface area contributed by atoms with Crippen molar-refractivity contribution in [2.45, 2.75) is 37.4 Å². The van der Waals surface area contributed by atoms with Crippen molar-refractivity contribution >= 4 is 15.7 Å². The minimum absolute atomic E-state index is 0.0865. The summed E-state index contributed by atoms with van der Waals surface area (Å²) in [6.07, 6.45) is 5.47. The number of aromatic nitrogens is 1. The molecule has 0 spiro atoms. The highest BCUT2D eigenvalue weighted by Crippen LogP contribution is 2.21. The summed E-state index contributed by atoms with van der Waals surface area (Å²) < 4.78 is 32.3. The molecule has 1 aliphatic rings. The molecule has 6 nitrogen and oxygen atoms in total. The Morgan fingerprint density at radius 1 is 1.33 bits per heavy atom. The van der Waals surface area contributed by atoms with E-state index in [4.69, 9.17) is 4.42 Å². The zero-order chi connectivity index (χ0) is 14.9. The lowest BCUT2D eigenvalue weighted by atomic mass is 10.3. The third-order valence-electron chi connectivity index (χ3n) is 3.17. The molecule has 1 saturated carbocycles. The molecule has 2 aromatic rings. The SMILES string of the molecule is Cc1cncc(NS(=O)(=O)c2ccc(CNC3CC3)o2)c1. The van der Waals surface area contributed by atoms with Gasteiger partial charge in [-0.25, -0.2) is 0 Å². The lowest BCUT2D eigenvalue weighted by Gasteiger charge is -2.05. The van der Waals surface area contributed by atoms with E-state index >= 15 is 0 Å². The highest BCUT2D eigenvalue weighted by molar-refractivity contribution is 7.92. The van der Waals surface area contributed by atoms with Gasteiger partial charge in [0.2, 0.25) is 5.09 Å². The average Bonchev–Trinajstić information content (AvgIpc) is 3.12. The van der Waals surface area contributed by atoms with Crippen molar-refractivity contribution in [2.24, 2.45) is 0 Å². The van der Waals surface area contributed by atoms with Crippen LogP contribution in [0.5, 0.6) is 0 Å². The topological polar surface area (TPSA) is 84.2 Å². The van der Waals surface area contributed by atoms with Crippen molar-refractivity contribution in [3.63, 3.8) is 0 Å². The van der Waals surface area contributed by atoms with E-state index in [1.807, 2.05) is 6.92 Å². The van der Waals surface area contributed by atoms with Crippen LogP contribution in [0.4, 0.5) is 5.69 Å². The second-order valence-corrected chi connectivity index (χ2v) is 6.85. The summed E-state index contributed by atoms with van der Waals surface area (Å²) in [5.74, 6) is 0.615. The molecule has 0 saturated heterocycles. The van der Waals surface area contributed by atoms with Gasteiger partial charge < -0.3 is 9.73 Å². The molecular formula is C14H17N3O3S. The number of pyridine rings is 1. The largest absolute Gasteiger partial charge is 0.446 e. The first-order valence-corrected chi connectivity index (χ1v) is 8.28. The third kappa shape index (κ3) is 3.62. The normalized spacial score (nSPS) is 15.1. The number of nitrogens with one attached hydrogen (secondary N) is 2. The van der Waals surface area contributed by atoms with Crippen LogP contribution in [-0.4, -0.2) is 19.4 Å². The van der Waals surface area contributed by atoms with Gasteiger partial charge in [-0.1, -0.05) is 0 Å². The summed E-state index contributed by atoms with van der Waals surface area (Å²) in [5.41, 5.74) is 1.30. The first-order valence-electron chi connectivity index (χ1n) is 6.79. The fraction of sp³-hybridized carbons (Fsp3) is 0.357. The maximum Gasteiger partial charge on any atom is 0.295 e. The van der Waals surface area contributed by atoms with E-state index in [1.165, 1.54) is 25.1 Å². The molecule has 21 heavy (non-hydrogen) atoms. The Labute approximate surface area is 123 Å². The molecular weight excluding hydrogens is 290 g/mol. The van der Waals surface area contributed by atoms with E-state index < -0.39 is 10.0 Å². The van der Waals surface area contributed by atoms with E-state index in [1.54, 1.807) is 18.3 Å². The van der Waals surface area contributed by atoms with Gasteiger partial charge in [-0.05, 0) is 43.5 Å². The van der Waals surface area contributed by atoms with Crippen LogP contribution in [0, 0.1) is 6.92 Å². The van der Waals surface area contributed by atoms with Gasteiger partial charge in [0.15, 0.2) is 0 Å². The Kier molecular flexibility index (Phi) is 3.69. The van der Waals surface area contributed by atoms with Crippen molar-refractivity contribution < 1.29 is 12.8 Å². The van der Waals surface area contributed by atoms with Gasteiger partial charge in [-0.2, -0.15) is 8.42 Å². The first kappa shape index (κ1) is 14.1. The molecule has 0 radical (unpaired) electrons. The van der Waals surface area contributed by atoms with Crippen LogP contribution in [0.15, 0.2) is 40.1 Å². The maximum atomic E-state index is 12.2. The minimum Gasteiger partial charge on any atom is -0.446 e. The van der Waals surface area contributed by atoms with Crippen LogP contribution in [0.2, 0.25) is 0 Å². The molecule has 3 rings (SSSR count). The Balaban J connectivity index is 1.71. The molecule has 2 heterocycles. The first-order chi connectivity index (χ1) is 10.0. The summed E-state index contributed by atoms with van der Waals surface area (Å²) in [5, 5.41) is 3.19. The molecule has 2 aromatic heterocycles. The highest BCUT2D eigenvalue weighted by Gasteiger charge is 2.22. The van der Waals surface area contributed by atoms with Crippen molar-refractivity contribution in [3.8, 4) is 0 Å². The molecule has 0 aliphatic heterocycles.